The molecule has 0 saturated carbocycles. The van der Waals surface area contributed by atoms with Gasteiger partial charge in [0.25, 0.3) is 0 Å². The van der Waals surface area contributed by atoms with E-state index in [4.69, 9.17) is 11.6 Å². The van der Waals surface area contributed by atoms with Crippen molar-refractivity contribution in [1.29, 1.82) is 0 Å². The van der Waals surface area contributed by atoms with Gasteiger partial charge in [-0.1, -0.05) is 17.7 Å². The van der Waals surface area contributed by atoms with E-state index in [9.17, 15) is 18.0 Å². The first-order chi connectivity index (χ1) is 10.4. The largest absolute Gasteiger partial charge is 0.323 e. The van der Waals surface area contributed by atoms with Crippen LogP contribution in [-0.4, -0.2) is 18.0 Å². The van der Waals surface area contributed by atoms with Gasteiger partial charge in [0.2, 0.25) is 0 Å². The molecule has 116 valence electrons. The first kappa shape index (κ1) is 16.2. The van der Waals surface area contributed by atoms with Crippen molar-refractivity contribution in [3.8, 4) is 0 Å². The van der Waals surface area contributed by atoms with Gasteiger partial charge in [0.15, 0.2) is 0 Å². The quantitative estimate of drug-likeness (QED) is 0.888. The molecule has 2 amide bonds. The third kappa shape index (κ3) is 3.92. The Morgan fingerprint density at radius 1 is 1.18 bits per heavy atom. The summed E-state index contributed by atoms with van der Waals surface area (Å²) in [6.07, 6.45) is 0. The number of nitrogens with one attached hydrogen (secondary N) is 1. The van der Waals surface area contributed by atoms with Crippen LogP contribution in [0.3, 0.4) is 0 Å². The van der Waals surface area contributed by atoms with Crippen LogP contribution in [0.1, 0.15) is 5.56 Å². The monoisotopic (exact) mass is 328 g/mol. The summed E-state index contributed by atoms with van der Waals surface area (Å²) in [7, 11) is 1.41. The number of benzene rings is 2. The second kappa shape index (κ2) is 6.70. The number of nitrogens with zero attached hydrogens (tertiary/aromatic N) is 1. The Morgan fingerprint density at radius 2 is 1.82 bits per heavy atom. The first-order valence-electron chi connectivity index (χ1n) is 6.28. The fourth-order valence-corrected chi connectivity index (χ4v) is 2.06. The molecule has 0 aromatic heterocycles. The van der Waals surface area contributed by atoms with Crippen molar-refractivity contribution in [2.75, 3.05) is 12.4 Å². The minimum Gasteiger partial charge on any atom is -0.323 e. The highest BCUT2D eigenvalue weighted by Crippen LogP contribution is 2.21. The van der Waals surface area contributed by atoms with Gasteiger partial charge in [-0.05, 0) is 24.3 Å². The molecular weight excluding hydrogens is 317 g/mol. The zero-order valence-electron chi connectivity index (χ0n) is 11.5. The summed E-state index contributed by atoms with van der Waals surface area (Å²) < 4.78 is 39.8. The van der Waals surface area contributed by atoms with E-state index in [0.717, 1.165) is 17.0 Å². The molecule has 0 heterocycles. The number of carbonyl (C=O) groups is 1. The summed E-state index contributed by atoms with van der Waals surface area (Å²) in [5.74, 6) is -2.16. The maximum absolute atomic E-state index is 13.7. The Balaban J connectivity index is 2.09. The van der Waals surface area contributed by atoms with E-state index in [1.165, 1.54) is 25.2 Å². The Morgan fingerprint density at radius 3 is 2.41 bits per heavy atom. The van der Waals surface area contributed by atoms with Crippen molar-refractivity contribution in [1.82, 2.24) is 4.90 Å². The van der Waals surface area contributed by atoms with Crippen LogP contribution in [0, 0.1) is 17.5 Å². The number of urea groups is 1. The number of rotatable bonds is 3. The third-order valence-corrected chi connectivity index (χ3v) is 3.27. The summed E-state index contributed by atoms with van der Waals surface area (Å²) in [5.41, 5.74) is 0.126. The summed E-state index contributed by atoms with van der Waals surface area (Å²) in [6, 6.07) is 6.19. The van der Waals surface area contributed by atoms with Crippen molar-refractivity contribution < 1.29 is 18.0 Å². The van der Waals surface area contributed by atoms with Crippen molar-refractivity contribution in [3.63, 3.8) is 0 Å². The molecule has 2 aromatic rings. The number of carbonyl (C=O) groups excluding carboxylic acids is 1. The van der Waals surface area contributed by atoms with Gasteiger partial charge in [0.05, 0.1) is 6.54 Å². The van der Waals surface area contributed by atoms with Crippen LogP contribution >= 0.6 is 11.6 Å². The topological polar surface area (TPSA) is 32.3 Å². The van der Waals surface area contributed by atoms with E-state index in [0.29, 0.717) is 6.07 Å². The highest BCUT2D eigenvalue weighted by atomic mass is 35.5. The molecule has 0 saturated heterocycles. The number of hydrogen-bond donors (Lipinski definition) is 1. The van der Waals surface area contributed by atoms with Gasteiger partial charge in [0, 0.05) is 29.4 Å². The Kier molecular flexibility index (Phi) is 4.92. The SMILES string of the molecule is CN(Cc1c(F)cccc1Cl)C(=O)Nc1cc(F)cc(F)c1. The van der Waals surface area contributed by atoms with Crippen LogP contribution in [0.2, 0.25) is 5.02 Å². The van der Waals surface area contributed by atoms with E-state index in [1.54, 1.807) is 0 Å². The fraction of sp³-hybridized carbons (Fsp3) is 0.133. The zero-order chi connectivity index (χ0) is 16.3. The van der Waals surface area contributed by atoms with Gasteiger partial charge in [-0.2, -0.15) is 0 Å². The van der Waals surface area contributed by atoms with Gasteiger partial charge in [-0.15, -0.1) is 0 Å². The molecule has 7 heteroatoms. The summed E-state index contributed by atoms with van der Waals surface area (Å²) >= 11 is 5.88. The average Bonchev–Trinajstić information content (AvgIpc) is 2.41. The Labute approximate surface area is 130 Å². The molecule has 0 radical (unpaired) electrons. The number of anilines is 1. The fourth-order valence-electron chi connectivity index (χ4n) is 1.84. The minimum absolute atomic E-state index is 0.0334. The molecule has 0 fully saturated rings. The van der Waals surface area contributed by atoms with Crippen LogP contribution in [0.4, 0.5) is 23.7 Å². The second-order valence-corrected chi connectivity index (χ2v) is 5.05. The van der Waals surface area contributed by atoms with E-state index in [1.807, 2.05) is 0 Å². The molecule has 3 nitrogen and oxygen atoms in total. The molecule has 2 rings (SSSR count). The number of hydrogen-bond acceptors (Lipinski definition) is 1. The van der Waals surface area contributed by atoms with Crippen LogP contribution in [0.5, 0.6) is 0 Å². The Hall–Kier alpha value is -2.21. The number of halogens is 4. The highest BCUT2D eigenvalue weighted by molar-refractivity contribution is 6.31. The van der Waals surface area contributed by atoms with Gasteiger partial charge in [-0.25, -0.2) is 18.0 Å². The molecule has 0 aliphatic heterocycles. The van der Waals surface area contributed by atoms with Gasteiger partial charge < -0.3 is 10.2 Å². The molecule has 0 spiro atoms. The van der Waals surface area contributed by atoms with Crippen LogP contribution < -0.4 is 5.32 Å². The van der Waals surface area contributed by atoms with Crippen LogP contribution in [-0.2, 0) is 6.54 Å². The third-order valence-electron chi connectivity index (χ3n) is 2.92. The highest BCUT2D eigenvalue weighted by Gasteiger charge is 2.15. The maximum atomic E-state index is 13.7. The molecule has 0 unspecified atom stereocenters. The lowest BCUT2D eigenvalue weighted by Crippen LogP contribution is -2.31. The lowest BCUT2D eigenvalue weighted by molar-refractivity contribution is 0.220. The maximum Gasteiger partial charge on any atom is 0.321 e. The van der Waals surface area contributed by atoms with E-state index in [2.05, 4.69) is 5.32 Å². The van der Waals surface area contributed by atoms with Crippen molar-refractivity contribution >= 4 is 23.3 Å². The standard InChI is InChI=1S/C15H12ClF3N2O/c1-21(8-12-13(16)3-2-4-14(12)19)15(22)20-11-6-9(17)5-10(18)7-11/h2-7H,8H2,1H3,(H,20,22). The van der Waals surface area contributed by atoms with Crippen LogP contribution in [0.15, 0.2) is 36.4 Å². The van der Waals surface area contributed by atoms with Crippen molar-refractivity contribution in [2.45, 2.75) is 6.54 Å². The normalized spacial score (nSPS) is 10.4. The summed E-state index contributed by atoms with van der Waals surface area (Å²) in [5, 5.41) is 2.52. The number of amides is 2. The van der Waals surface area contributed by atoms with Crippen molar-refractivity contribution in [2.24, 2.45) is 0 Å². The van der Waals surface area contributed by atoms with E-state index >= 15 is 0 Å². The molecule has 22 heavy (non-hydrogen) atoms. The second-order valence-electron chi connectivity index (χ2n) is 4.64. The molecule has 0 atom stereocenters. The minimum atomic E-state index is -0.810. The lowest BCUT2D eigenvalue weighted by Gasteiger charge is -2.19. The molecule has 2 aromatic carbocycles. The average molecular weight is 329 g/mol. The van der Waals surface area contributed by atoms with Gasteiger partial charge >= 0.3 is 6.03 Å². The van der Waals surface area contributed by atoms with E-state index < -0.39 is 23.5 Å². The molecule has 0 bridgehead atoms. The van der Waals surface area contributed by atoms with Gasteiger partial charge in [-0.3, -0.25) is 0 Å². The first-order valence-corrected chi connectivity index (χ1v) is 6.65. The zero-order valence-corrected chi connectivity index (χ0v) is 12.3. The molecule has 0 aliphatic carbocycles. The lowest BCUT2D eigenvalue weighted by atomic mass is 10.2. The smallest absolute Gasteiger partial charge is 0.321 e. The van der Waals surface area contributed by atoms with Crippen LogP contribution in [0.25, 0.3) is 0 Å². The Bertz CT molecular complexity index is 669. The predicted molar refractivity (Wildman–Crippen MR) is 78.3 cm³/mol. The molecule has 0 aliphatic rings. The van der Waals surface area contributed by atoms with E-state index in [-0.39, 0.29) is 22.8 Å². The molecular formula is C15H12ClF3N2O. The summed E-state index contributed by atoms with van der Waals surface area (Å²) in [4.78, 5) is 13.1. The van der Waals surface area contributed by atoms with Gasteiger partial charge in [0.1, 0.15) is 17.5 Å². The van der Waals surface area contributed by atoms with Crippen molar-refractivity contribution in [3.05, 3.63) is 64.4 Å². The predicted octanol–water partition coefficient (Wildman–Crippen LogP) is 4.42. The molecule has 1 N–H and O–H groups in total. The summed E-state index contributed by atoms with van der Waals surface area (Å²) in [6.45, 7) is -0.0882.